The van der Waals surface area contributed by atoms with Crippen molar-refractivity contribution in [3.63, 3.8) is 0 Å². The quantitative estimate of drug-likeness (QED) is 0.675. The molecule has 1 aromatic rings. The lowest BCUT2D eigenvalue weighted by atomic mass is 10.3. The van der Waals surface area contributed by atoms with Gasteiger partial charge in [0.05, 0.1) is 12.4 Å². The van der Waals surface area contributed by atoms with E-state index in [1.807, 2.05) is 6.07 Å². The predicted molar refractivity (Wildman–Crippen MR) is 53.2 cm³/mol. The molecular weight excluding hydrogens is 166 g/mol. The van der Waals surface area contributed by atoms with Gasteiger partial charge in [-0.25, -0.2) is 0 Å². The summed E-state index contributed by atoms with van der Waals surface area (Å²) in [5.41, 5.74) is 1.65. The second-order valence-corrected chi connectivity index (χ2v) is 3.47. The minimum Gasteiger partial charge on any atom is -0.362 e. The van der Waals surface area contributed by atoms with Crippen molar-refractivity contribution in [2.75, 3.05) is 16.9 Å². The summed E-state index contributed by atoms with van der Waals surface area (Å²) in [5, 5.41) is 3.08. The van der Waals surface area contributed by atoms with Crippen molar-refractivity contribution in [3.8, 4) is 0 Å². The van der Waals surface area contributed by atoms with Gasteiger partial charge in [0, 0.05) is 12.2 Å². The number of nitrogens with one attached hydrogen (secondary N) is 2. The Labute approximate surface area is 76.6 Å². The van der Waals surface area contributed by atoms with Crippen LogP contribution in [0.3, 0.4) is 0 Å². The van der Waals surface area contributed by atoms with E-state index >= 15 is 0 Å². The van der Waals surface area contributed by atoms with Crippen molar-refractivity contribution in [2.45, 2.75) is 19.9 Å². The molecule has 2 N–H and O–H groups in total. The smallest absolute Gasteiger partial charge is 0.273 e. The molecule has 1 aromatic heterocycles. The molecule has 13 heavy (non-hydrogen) atoms. The average molecular weight is 179 g/mol. The Balaban J connectivity index is 2.49. The van der Waals surface area contributed by atoms with Gasteiger partial charge in [-0.1, -0.05) is 0 Å². The number of anilines is 2. The molecule has 1 aliphatic rings. The maximum Gasteiger partial charge on any atom is 0.273 e. The lowest BCUT2D eigenvalue weighted by molar-refractivity contribution is 0.727. The first kappa shape index (κ1) is 8.16. The first-order valence-corrected chi connectivity index (χ1v) is 4.42. The highest BCUT2D eigenvalue weighted by Gasteiger charge is 2.22. The van der Waals surface area contributed by atoms with Gasteiger partial charge in [0.25, 0.3) is 5.56 Å². The molecule has 0 aromatic carbocycles. The second-order valence-electron chi connectivity index (χ2n) is 3.47. The molecule has 0 amide bonds. The van der Waals surface area contributed by atoms with E-state index in [4.69, 9.17) is 0 Å². The molecule has 0 saturated carbocycles. The maximum absolute atomic E-state index is 11.3. The number of nitrogens with zero attached hydrogens (tertiary/aromatic N) is 1. The van der Waals surface area contributed by atoms with Gasteiger partial charge >= 0.3 is 0 Å². The van der Waals surface area contributed by atoms with Gasteiger partial charge in [-0.3, -0.25) is 4.79 Å². The minimum absolute atomic E-state index is 0.0411. The summed E-state index contributed by atoms with van der Waals surface area (Å²) in [6.45, 7) is 4.94. The summed E-state index contributed by atoms with van der Waals surface area (Å²) in [5.74, 6) is 0. The first-order chi connectivity index (χ1) is 6.20. The van der Waals surface area contributed by atoms with Gasteiger partial charge in [0.1, 0.15) is 5.69 Å². The molecule has 0 saturated heterocycles. The molecule has 2 rings (SSSR count). The molecular formula is C9H13N3O. The molecule has 0 unspecified atom stereocenters. The predicted octanol–water partition coefficient (Wildman–Crippen LogP) is 0.973. The molecule has 0 atom stereocenters. The third-order valence-corrected chi connectivity index (χ3v) is 2.30. The minimum atomic E-state index is -0.0411. The molecule has 4 nitrogen and oxygen atoms in total. The number of rotatable bonds is 1. The highest BCUT2D eigenvalue weighted by atomic mass is 16.1. The summed E-state index contributed by atoms with van der Waals surface area (Å²) in [6, 6.07) is 2.34. The molecule has 0 fully saturated rings. The Bertz CT molecular complexity index is 369. The van der Waals surface area contributed by atoms with Crippen LogP contribution in [0.1, 0.15) is 13.8 Å². The summed E-state index contributed by atoms with van der Waals surface area (Å²) < 4.78 is 0. The van der Waals surface area contributed by atoms with Gasteiger partial charge in [-0.15, -0.1) is 0 Å². The summed E-state index contributed by atoms with van der Waals surface area (Å²) in [7, 11) is 0. The number of pyridine rings is 1. The molecule has 0 bridgehead atoms. The van der Waals surface area contributed by atoms with E-state index < -0.39 is 0 Å². The van der Waals surface area contributed by atoms with Crippen LogP contribution in [0, 0.1) is 0 Å². The van der Waals surface area contributed by atoms with E-state index in [1.54, 1.807) is 6.20 Å². The Kier molecular flexibility index (Phi) is 1.76. The molecule has 2 heterocycles. The van der Waals surface area contributed by atoms with Crippen LogP contribution in [0.25, 0.3) is 0 Å². The lowest BCUT2D eigenvalue weighted by Gasteiger charge is -2.21. The maximum atomic E-state index is 11.3. The lowest BCUT2D eigenvalue weighted by Crippen LogP contribution is -2.29. The Morgan fingerprint density at radius 3 is 3.00 bits per heavy atom. The summed E-state index contributed by atoms with van der Waals surface area (Å²) >= 11 is 0. The standard InChI is InChI=1S/C9H13N3O/c1-6(2)12-5-11-8-7(12)3-4-10-9(8)13/h3-4,6,11H,5H2,1-2H3,(H,10,13). The number of fused-ring (bicyclic) bond motifs is 1. The van der Waals surface area contributed by atoms with Gasteiger partial charge < -0.3 is 15.2 Å². The zero-order valence-electron chi connectivity index (χ0n) is 7.79. The van der Waals surface area contributed by atoms with Crippen molar-refractivity contribution < 1.29 is 0 Å². The van der Waals surface area contributed by atoms with Crippen molar-refractivity contribution in [1.82, 2.24) is 4.98 Å². The van der Waals surface area contributed by atoms with Crippen molar-refractivity contribution in [3.05, 3.63) is 22.6 Å². The molecule has 0 aliphatic carbocycles. The molecule has 0 spiro atoms. The van der Waals surface area contributed by atoms with Crippen LogP contribution < -0.4 is 15.8 Å². The van der Waals surface area contributed by atoms with E-state index in [9.17, 15) is 4.79 Å². The van der Waals surface area contributed by atoms with Crippen LogP contribution in [-0.4, -0.2) is 17.7 Å². The van der Waals surface area contributed by atoms with E-state index in [0.717, 1.165) is 12.4 Å². The Morgan fingerprint density at radius 2 is 2.31 bits per heavy atom. The monoisotopic (exact) mass is 179 g/mol. The normalized spacial score (nSPS) is 14.5. The van der Waals surface area contributed by atoms with Crippen molar-refractivity contribution >= 4 is 11.4 Å². The van der Waals surface area contributed by atoms with Crippen LogP contribution >= 0.6 is 0 Å². The Morgan fingerprint density at radius 1 is 1.54 bits per heavy atom. The zero-order valence-corrected chi connectivity index (χ0v) is 7.79. The van der Waals surface area contributed by atoms with Crippen molar-refractivity contribution in [2.24, 2.45) is 0 Å². The van der Waals surface area contributed by atoms with Gasteiger partial charge in [-0.2, -0.15) is 0 Å². The second kappa shape index (κ2) is 2.80. The number of H-pyrrole nitrogens is 1. The van der Waals surface area contributed by atoms with E-state index in [1.165, 1.54) is 0 Å². The number of aromatic nitrogens is 1. The fourth-order valence-electron chi connectivity index (χ4n) is 1.59. The van der Waals surface area contributed by atoms with Crippen LogP contribution in [0.5, 0.6) is 0 Å². The fraction of sp³-hybridized carbons (Fsp3) is 0.444. The SMILES string of the molecule is CC(C)N1CNc2c1cc[nH]c2=O. The van der Waals surface area contributed by atoms with Gasteiger partial charge in [0.2, 0.25) is 0 Å². The van der Waals surface area contributed by atoms with E-state index in [-0.39, 0.29) is 5.56 Å². The van der Waals surface area contributed by atoms with Crippen LogP contribution in [0.15, 0.2) is 17.1 Å². The first-order valence-electron chi connectivity index (χ1n) is 4.42. The third-order valence-electron chi connectivity index (χ3n) is 2.30. The van der Waals surface area contributed by atoms with Crippen molar-refractivity contribution in [1.29, 1.82) is 0 Å². The third kappa shape index (κ3) is 1.18. The number of hydrogen-bond acceptors (Lipinski definition) is 3. The highest BCUT2D eigenvalue weighted by molar-refractivity contribution is 5.73. The molecule has 1 aliphatic heterocycles. The fourth-order valence-corrected chi connectivity index (χ4v) is 1.59. The molecule has 4 heteroatoms. The average Bonchev–Trinajstić information content (AvgIpc) is 2.48. The van der Waals surface area contributed by atoms with Gasteiger partial charge in [0.15, 0.2) is 0 Å². The van der Waals surface area contributed by atoms with Crippen LogP contribution in [-0.2, 0) is 0 Å². The van der Waals surface area contributed by atoms with Crippen LogP contribution in [0.2, 0.25) is 0 Å². The van der Waals surface area contributed by atoms with Gasteiger partial charge in [-0.05, 0) is 19.9 Å². The zero-order chi connectivity index (χ0) is 9.42. The van der Waals surface area contributed by atoms with E-state index in [0.29, 0.717) is 11.7 Å². The Hall–Kier alpha value is -1.45. The summed E-state index contributed by atoms with van der Waals surface area (Å²) in [4.78, 5) is 16.1. The highest BCUT2D eigenvalue weighted by Crippen LogP contribution is 2.28. The topological polar surface area (TPSA) is 48.1 Å². The summed E-state index contributed by atoms with van der Waals surface area (Å²) in [6.07, 6.45) is 1.68. The molecule has 0 radical (unpaired) electrons. The largest absolute Gasteiger partial charge is 0.362 e. The van der Waals surface area contributed by atoms with E-state index in [2.05, 4.69) is 29.0 Å². The number of aromatic amines is 1. The van der Waals surface area contributed by atoms with Crippen LogP contribution in [0.4, 0.5) is 11.4 Å². The molecule has 70 valence electrons. The number of hydrogen-bond donors (Lipinski definition) is 2.